The van der Waals surface area contributed by atoms with E-state index in [9.17, 15) is 18.0 Å². The van der Waals surface area contributed by atoms with Gasteiger partial charge in [-0.05, 0) is 55.0 Å². The number of benzene rings is 1. The van der Waals surface area contributed by atoms with Crippen LogP contribution in [0, 0.1) is 6.92 Å². The summed E-state index contributed by atoms with van der Waals surface area (Å²) < 4.78 is 32.1. The molecule has 1 fully saturated rings. The molecule has 0 spiro atoms. The third-order valence-corrected chi connectivity index (χ3v) is 7.77. The maximum absolute atomic E-state index is 12.8. The first-order chi connectivity index (χ1) is 13.8. The molecule has 7 nitrogen and oxygen atoms in total. The number of aryl methyl sites for hydroxylation is 1. The summed E-state index contributed by atoms with van der Waals surface area (Å²) >= 11 is 7.35. The normalized spacial score (nSPS) is 15.1. The Morgan fingerprint density at radius 3 is 2.59 bits per heavy atom. The van der Waals surface area contributed by atoms with E-state index >= 15 is 0 Å². The van der Waals surface area contributed by atoms with Crippen molar-refractivity contribution >= 4 is 50.5 Å². The van der Waals surface area contributed by atoms with Crippen molar-refractivity contribution in [3.63, 3.8) is 0 Å². The van der Waals surface area contributed by atoms with Gasteiger partial charge in [0.15, 0.2) is 6.61 Å². The fourth-order valence-corrected chi connectivity index (χ4v) is 5.51. The molecule has 1 aliphatic rings. The molecule has 1 aliphatic heterocycles. The predicted molar refractivity (Wildman–Crippen MR) is 112 cm³/mol. The largest absolute Gasteiger partial charge is 0.451 e. The number of anilines is 1. The van der Waals surface area contributed by atoms with Gasteiger partial charge in [0, 0.05) is 13.1 Å². The lowest BCUT2D eigenvalue weighted by Gasteiger charge is -2.26. The molecule has 156 valence electrons. The number of piperidine rings is 1. The summed E-state index contributed by atoms with van der Waals surface area (Å²) in [6.45, 7) is 2.23. The molecule has 1 N–H and O–H groups in total. The summed E-state index contributed by atoms with van der Waals surface area (Å²) in [5, 5.41) is 4.47. The Morgan fingerprint density at radius 2 is 1.93 bits per heavy atom. The van der Waals surface area contributed by atoms with Crippen molar-refractivity contribution in [2.24, 2.45) is 0 Å². The van der Waals surface area contributed by atoms with E-state index in [2.05, 4.69) is 5.32 Å². The first kappa shape index (κ1) is 21.8. The number of esters is 1. The Morgan fingerprint density at radius 1 is 1.21 bits per heavy atom. The van der Waals surface area contributed by atoms with Gasteiger partial charge in [0.05, 0.1) is 15.6 Å². The van der Waals surface area contributed by atoms with E-state index in [1.165, 1.54) is 33.8 Å². The number of sulfonamides is 1. The predicted octanol–water partition coefficient (Wildman–Crippen LogP) is 3.68. The zero-order chi connectivity index (χ0) is 21.0. The van der Waals surface area contributed by atoms with E-state index < -0.39 is 28.5 Å². The number of nitrogens with zero attached hydrogens (tertiary/aromatic N) is 1. The van der Waals surface area contributed by atoms with Crippen molar-refractivity contribution in [3.05, 3.63) is 45.1 Å². The fraction of sp³-hybridized carbons (Fsp3) is 0.368. The highest BCUT2D eigenvalue weighted by Crippen LogP contribution is 2.28. The molecule has 2 heterocycles. The second kappa shape index (κ2) is 9.25. The average molecular weight is 457 g/mol. The van der Waals surface area contributed by atoms with Gasteiger partial charge in [0.25, 0.3) is 5.91 Å². The number of halogens is 1. The quantitative estimate of drug-likeness (QED) is 0.669. The zero-order valence-electron chi connectivity index (χ0n) is 15.8. The maximum atomic E-state index is 12.8. The van der Waals surface area contributed by atoms with Gasteiger partial charge in [-0.25, -0.2) is 13.2 Å². The molecule has 2 aromatic rings. The topological polar surface area (TPSA) is 92.8 Å². The fourth-order valence-electron chi connectivity index (χ4n) is 2.98. The zero-order valence-corrected chi connectivity index (χ0v) is 18.2. The molecule has 3 rings (SSSR count). The van der Waals surface area contributed by atoms with E-state index in [-0.39, 0.29) is 15.6 Å². The summed E-state index contributed by atoms with van der Waals surface area (Å²) in [4.78, 5) is 24.7. The number of nitrogens with one attached hydrogen (secondary N) is 1. The molecule has 1 aromatic heterocycles. The summed E-state index contributed by atoms with van der Waals surface area (Å²) in [7, 11) is -3.66. The van der Waals surface area contributed by atoms with Crippen molar-refractivity contribution in [2.45, 2.75) is 31.1 Å². The summed E-state index contributed by atoms with van der Waals surface area (Å²) in [6.07, 6.45) is 2.66. The van der Waals surface area contributed by atoms with Gasteiger partial charge in [-0.3, -0.25) is 4.79 Å². The van der Waals surface area contributed by atoms with Crippen LogP contribution in [-0.4, -0.2) is 44.3 Å². The second-order valence-corrected chi connectivity index (χ2v) is 9.92. The molecule has 0 bridgehead atoms. The highest BCUT2D eigenvalue weighted by atomic mass is 35.5. The van der Waals surface area contributed by atoms with E-state index in [0.717, 1.165) is 24.8 Å². The molecule has 0 aliphatic carbocycles. The molecule has 0 atom stereocenters. The molecule has 0 radical (unpaired) electrons. The highest BCUT2D eigenvalue weighted by molar-refractivity contribution is 7.89. The van der Waals surface area contributed by atoms with Crippen LogP contribution in [0.2, 0.25) is 5.02 Å². The van der Waals surface area contributed by atoms with Crippen molar-refractivity contribution in [3.8, 4) is 0 Å². The van der Waals surface area contributed by atoms with E-state index in [1.54, 1.807) is 18.4 Å². The minimum Gasteiger partial charge on any atom is -0.451 e. The highest BCUT2D eigenvalue weighted by Gasteiger charge is 2.26. The number of amides is 1. The van der Waals surface area contributed by atoms with Crippen LogP contribution < -0.4 is 5.32 Å². The Labute approximate surface area is 178 Å². The lowest BCUT2D eigenvalue weighted by Crippen LogP contribution is -2.35. The van der Waals surface area contributed by atoms with E-state index in [1.807, 2.05) is 0 Å². The molecular formula is C19H21ClN2O5S2. The van der Waals surface area contributed by atoms with Crippen LogP contribution >= 0.6 is 22.9 Å². The Hall–Kier alpha value is -1.94. The third kappa shape index (κ3) is 5.16. The van der Waals surface area contributed by atoms with Crippen LogP contribution in [0.3, 0.4) is 0 Å². The molecule has 1 saturated heterocycles. The minimum absolute atomic E-state index is 0.0605. The summed E-state index contributed by atoms with van der Waals surface area (Å²) in [6, 6.07) is 5.96. The molecule has 0 saturated carbocycles. The summed E-state index contributed by atoms with van der Waals surface area (Å²) in [5.41, 5.74) is 0.928. The van der Waals surface area contributed by atoms with Crippen molar-refractivity contribution in [1.29, 1.82) is 0 Å². The number of carbonyl (C=O) groups is 2. The average Bonchev–Trinajstić information content (AvgIpc) is 3.14. The number of ether oxygens (including phenoxy) is 1. The van der Waals surface area contributed by atoms with E-state index in [0.29, 0.717) is 18.0 Å². The number of hydrogen-bond acceptors (Lipinski definition) is 6. The van der Waals surface area contributed by atoms with Crippen LogP contribution in [0.1, 0.15) is 34.5 Å². The van der Waals surface area contributed by atoms with Gasteiger partial charge in [0.2, 0.25) is 10.0 Å². The van der Waals surface area contributed by atoms with Crippen LogP contribution in [0.5, 0.6) is 0 Å². The molecule has 10 heteroatoms. The van der Waals surface area contributed by atoms with Crippen LogP contribution in [0.15, 0.2) is 34.5 Å². The SMILES string of the molecule is Cc1ccsc1C(=O)OCC(=O)Nc1cc(S(=O)(=O)N2CCCCC2)ccc1Cl. The van der Waals surface area contributed by atoms with Gasteiger partial charge < -0.3 is 10.1 Å². The molecule has 1 aromatic carbocycles. The lowest BCUT2D eigenvalue weighted by molar-refractivity contribution is -0.119. The van der Waals surface area contributed by atoms with Gasteiger partial charge in [-0.15, -0.1) is 11.3 Å². The monoisotopic (exact) mass is 456 g/mol. The first-order valence-electron chi connectivity index (χ1n) is 9.10. The van der Waals surface area contributed by atoms with Crippen molar-refractivity contribution in [1.82, 2.24) is 4.31 Å². The Kier molecular flexibility index (Phi) is 6.94. The maximum Gasteiger partial charge on any atom is 0.349 e. The molecular weight excluding hydrogens is 436 g/mol. The van der Waals surface area contributed by atoms with Crippen LogP contribution in [-0.2, 0) is 19.6 Å². The van der Waals surface area contributed by atoms with Gasteiger partial charge >= 0.3 is 5.97 Å². The third-order valence-electron chi connectivity index (χ3n) is 4.55. The van der Waals surface area contributed by atoms with Gasteiger partial charge in [0.1, 0.15) is 4.88 Å². The lowest BCUT2D eigenvalue weighted by atomic mass is 10.2. The smallest absolute Gasteiger partial charge is 0.349 e. The number of thiophene rings is 1. The molecule has 29 heavy (non-hydrogen) atoms. The Balaban J connectivity index is 1.67. The van der Waals surface area contributed by atoms with Gasteiger partial charge in [-0.2, -0.15) is 4.31 Å². The van der Waals surface area contributed by atoms with E-state index in [4.69, 9.17) is 16.3 Å². The minimum atomic E-state index is -3.66. The summed E-state index contributed by atoms with van der Waals surface area (Å²) in [5.74, 6) is -1.19. The number of rotatable bonds is 6. The Bertz CT molecular complexity index is 1010. The van der Waals surface area contributed by atoms with Crippen LogP contribution in [0.4, 0.5) is 5.69 Å². The second-order valence-electron chi connectivity index (χ2n) is 6.66. The van der Waals surface area contributed by atoms with Crippen molar-refractivity contribution in [2.75, 3.05) is 25.0 Å². The van der Waals surface area contributed by atoms with Crippen LogP contribution in [0.25, 0.3) is 0 Å². The number of hydrogen-bond donors (Lipinski definition) is 1. The number of carbonyl (C=O) groups excluding carboxylic acids is 2. The van der Waals surface area contributed by atoms with Crippen molar-refractivity contribution < 1.29 is 22.7 Å². The molecule has 1 amide bonds. The first-order valence-corrected chi connectivity index (χ1v) is 11.8. The van der Waals surface area contributed by atoms with Gasteiger partial charge in [-0.1, -0.05) is 18.0 Å². The molecule has 0 unspecified atom stereocenters. The standard InChI is InChI=1S/C19H21ClN2O5S2/c1-13-7-10-28-18(13)19(24)27-12-17(23)21-16-11-14(5-6-15(16)20)29(25,26)22-8-3-2-4-9-22/h5-7,10-11H,2-4,8-9,12H2,1H3,(H,21,23).